The van der Waals surface area contributed by atoms with E-state index in [2.05, 4.69) is 10.4 Å². The predicted molar refractivity (Wildman–Crippen MR) is 58.6 cm³/mol. The Hall–Kier alpha value is -1.89. The normalized spacial score (nSPS) is 12.3. The average Bonchev–Trinajstić information content (AvgIpc) is 2.34. The van der Waals surface area contributed by atoms with Crippen molar-refractivity contribution in [3.05, 3.63) is 47.3 Å². The monoisotopic (exact) mass is 259 g/mol. The lowest BCUT2D eigenvalue weighted by molar-refractivity contribution is -0.137. The minimum atomic E-state index is -4.33. The molecule has 1 aromatic carbocycles. The maximum atomic E-state index is 12.3. The van der Waals surface area contributed by atoms with E-state index in [1.807, 2.05) is 0 Å². The van der Waals surface area contributed by atoms with Gasteiger partial charge in [0, 0.05) is 12.7 Å². The van der Waals surface area contributed by atoms with Crippen molar-refractivity contribution in [2.45, 2.75) is 12.7 Å². The van der Waals surface area contributed by atoms with Gasteiger partial charge >= 0.3 is 6.18 Å². The van der Waals surface area contributed by atoms with Crippen LogP contribution < -0.4 is 5.32 Å². The average molecular weight is 259 g/mol. The van der Waals surface area contributed by atoms with Gasteiger partial charge in [-0.25, -0.2) is 5.53 Å². The number of aliphatic hydroxyl groups is 1. The third-order valence-electron chi connectivity index (χ3n) is 2.16. The molecule has 0 bridgehead atoms. The molecule has 0 spiro atoms. The van der Waals surface area contributed by atoms with Crippen molar-refractivity contribution in [1.29, 1.82) is 5.53 Å². The van der Waals surface area contributed by atoms with E-state index in [-0.39, 0.29) is 18.8 Å². The zero-order valence-corrected chi connectivity index (χ0v) is 9.33. The molecule has 98 valence electrons. The van der Waals surface area contributed by atoms with E-state index >= 15 is 0 Å². The number of halogens is 3. The second kappa shape index (κ2) is 6.15. The fraction of sp³-hybridized carbons (Fsp3) is 0.273. The number of alkyl halides is 3. The summed E-state index contributed by atoms with van der Waals surface area (Å²) in [5, 5.41) is 14.5. The van der Waals surface area contributed by atoms with Gasteiger partial charge in [0.1, 0.15) is 5.70 Å². The summed E-state index contributed by atoms with van der Waals surface area (Å²) in [5.74, 6) is 0. The molecular formula is C11H12F3N3O. The van der Waals surface area contributed by atoms with Crippen molar-refractivity contribution in [1.82, 2.24) is 5.32 Å². The minimum Gasteiger partial charge on any atom is -0.390 e. The van der Waals surface area contributed by atoms with E-state index in [0.717, 1.165) is 12.1 Å². The lowest BCUT2D eigenvalue weighted by Crippen LogP contribution is -2.08. The lowest BCUT2D eigenvalue weighted by atomic mass is 10.1. The molecule has 3 N–H and O–H groups in total. The largest absolute Gasteiger partial charge is 0.416 e. The molecule has 0 heterocycles. The summed E-state index contributed by atoms with van der Waals surface area (Å²) in [4.78, 5) is 0. The van der Waals surface area contributed by atoms with Crippen LogP contribution in [0.4, 0.5) is 13.2 Å². The van der Waals surface area contributed by atoms with Crippen molar-refractivity contribution in [3.8, 4) is 0 Å². The third-order valence-corrected chi connectivity index (χ3v) is 2.16. The lowest BCUT2D eigenvalue weighted by Gasteiger charge is -2.07. The quantitative estimate of drug-likeness (QED) is 0.711. The molecule has 4 nitrogen and oxygen atoms in total. The van der Waals surface area contributed by atoms with E-state index in [1.54, 1.807) is 0 Å². The van der Waals surface area contributed by atoms with Gasteiger partial charge < -0.3 is 10.4 Å². The van der Waals surface area contributed by atoms with Crippen LogP contribution >= 0.6 is 0 Å². The van der Waals surface area contributed by atoms with E-state index in [4.69, 9.17) is 10.6 Å². The summed E-state index contributed by atoms with van der Waals surface area (Å²) in [6, 6.07) is 4.73. The topological polar surface area (TPSA) is 68.5 Å². The van der Waals surface area contributed by atoms with Gasteiger partial charge in [0.05, 0.1) is 12.2 Å². The molecule has 0 saturated heterocycles. The first kappa shape index (κ1) is 14.2. The Balaban J connectivity index is 2.60. The molecule has 0 saturated carbocycles. The Kier molecular flexibility index (Phi) is 4.85. The standard InChI is InChI=1S/C11H12F3N3O/c12-11(13,14)9-3-1-8(2-4-9)5-16-6-10(7-18)17-15/h1-4,6,15-16,18H,5,7H2/b10-6-,17-15?. The second-order valence-electron chi connectivity index (χ2n) is 3.48. The zero-order chi connectivity index (χ0) is 13.6. The first-order valence-corrected chi connectivity index (χ1v) is 5.04. The number of aliphatic hydroxyl groups excluding tert-OH is 1. The van der Waals surface area contributed by atoms with Crippen molar-refractivity contribution in [3.63, 3.8) is 0 Å². The maximum absolute atomic E-state index is 12.3. The molecule has 0 fully saturated rings. The Bertz CT molecular complexity index is 426. The Labute approximate surface area is 102 Å². The van der Waals surface area contributed by atoms with E-state index in [1.165, 1.54) is 18.3 Å². The Morgan fingerprint density at radius 1 is 1.33 bits per heavy atom. The van der Waals surface area contributed by atoms with Gasteiger partial charge in [0.15, 0.2) is 0 Å². The van der Waals surface area contributed by atoms with Crippen LogP contribution in [0.25, 0.3) is 0 Å². The maximum Gasteiger partial charge on any atom is 0.416 e. The molecule has 0 radical (unpaired) electrons. The molecule has 0 aliphatic carbocycles. The summed E-state index contributed by atoms with van der Waals surface area (Å²) in [6.45, 7) is -0.0827. The van der Waals surface area contributed by atoms with Gasteiger partial charge in [-0.05, 0) is 17.7 Å². The van der Waals surface area contributed by atoms with Crippen LogP contribution in [0.5, 0.6) is 0 Å². The van der Waals surface area contributed by atoms with Gasteiger partial charge in [-0.1, -0.05) is 12.1 Å². The molecule has 7 heteroatoms. The van der Waals surface area contributed by atoms with Crippen molar-refractivity contribution >= 4 is 0 Å². The van der Waals surface area contributed by atoms with Crippen LogP contribution in [0, 0.1) is 5.53 Å². The molecule has 0 aromatic heterocycles. The van der Waals surface area contributed by atoms with Crippen LogP contribution in [0.2, 0.25) is 0 Å². The molecule has 18 heavy (non-hydrogen) atoms. The minimum absolute atomic E-state index is 0.141. The number of hydrogen-bond acceptors (Lipinski definition) is 4. The van der Waals surface area contributed by atoms with Crippen LogP contribution in [-0.4, -0.2) is 11.7 Å². The highest BCUT2D eigenvalue weighted by Crippen LogP contribution is 2.28. The highest BCUT2D eigenvalue weighted by atomic mass is 19.4. The van der Waals surface area contributed by atoms with Gasteiger partial charge in [-0.15, -0.1) is 0 Å². The molecular weight excluding hydrogens is 247 g/mol. The van der Waals surface area contributed by atoms with Crippen LogP contribution in [0.3, 0.4) is 0 Å². The summed E-state index contributed by atoms with van der Waals surface area (Å²) in [7, 11) is 0. The molecule has 1 aromatic rings. The van der Waals surface area contributed by atoms with Crippen molar-refractivity contribution < 1.29 is 18.3 Å². The van der Waals surface area contributed by atoms with E-state index < -0.39 is 11.7 Å². The SMILES string of the molecule is N=N/C(=C\NCc1ccc(C(F)(F)F)cc1)CO. The van der Waals surface area contributed by atoms with Crippen LogP contribution in [-0.2, 0) is 12.7 Å². The fourth-order valence-electron chi connectivity index (χ4n) is 1.21. The highest BCUT2D eigenvalue weighted by Gasteiger charge is 2.29. The zero-order valence-electron chi connectivity index (χ0n) is 9.33. The van der Waals surface area contributed by atoms with Crippen molar-refractivity contribution in [2.24, 2.45) is 5.11 Å². The number of nitrogens with zero attached hydrogens (tertiary/aromatic N) is 1. The molecule has 0 unspecified atom stereocenters. The Morgan fingerprint density at radius 3 is 2.39 bits per heavy atom. The summed E-state index contributed by atoms with van der Waals surface area (Å²) in [5.41, 5.74) is 6.77. The fourth-order valence-corrected chi connectivity index (χ4v) is 1.21. The molecule has 0 aliphatic heterocycles. The summed E-state index contributed by atoms with van der Waals surface area (Å²) >= 11 is 0. The van der Waals surface area contributed by atoms with Gasteiger partial charge in [-0.2, -0.15) is 18.3 Å². The number of hydrogen-bond donors (Lipinski definition) is 3. The Morgan fingerprint density at radius 2 is 1.94 bits per heavy atom. The van der Waals surface area contributed by atoms with Gasteiger partial charge in [0.25, 0.3) is 0 Å². The molecule has 0 aliphatic rings. The number of nitrogens with one attached hydrogen (secondary N) is 2. The summed E-state index contributed by atoms with van der Waals surface area (Å²) in [6.07, 6.45) is -3.00. The second-order valence-corrected chi connectivity index (χ2v) is 3.48. The predicted octanol–water partition coefficient (Wildman–Crippen LogP) is 2.66. The van der Waals surface area contributed by atoms with E-state index in [0.29, 0.717) is 5.56 Å². The van der Waals surface area contributed by atoms with Crippen molar-refractivity contribution in [2.75, 3.05) is 6.61 Å². The van der Waals surface area contributed by atoms with Crippen LogP contribution in [0.1, 0.15) is 11.1 Å². The van der Waals surface area contributed by atoms with Crippen LogP contribution in [0.15, 0.2) is 41.3 Å². The van der Waals surface area contributed by atoms with Gasteiger partial charge in [0.2, 0.25) is 0 Å². The highest BCUT2D eigenvalue weighted by molar-refractivity contribution is 5.24. The first-order valence-electron chi connectivity index (χ1n) is 5.04. The number of benzene rings is 1. The van der Waals surface area contributed by atoms with E-state index in [9.17, 15) is 13.2 Å². The smallest absolute Gasteiger partial charge is 0.390 e. The third kappa shape index (κ3) is 4.17. The molecule has 1 rings (SSSR count). The molecule has 0 atom stereocenters. The first-order chi connectivity index (χ1) is 8.47. The molecule has 0 amide bonds. The summed E-state index contributed by atoms with van der Waals surface area (Å²) < 4.78 is 36.8. The van der Waals surface area contributed by atoms with Gasteiger partial charge in [-0.3, -0.25) is 0 Å². The number of rotatable bonds is 5.